The van der Waals surface area contributed by atoms with E-state index >= 15 is 0 Å². The molecule has 0 aliphatic carbocycles. The van der Waals surface area contributed by atoms with Crippen molar-refractivity contribution in [3.8, 4) is 0 Å². The molecule has 0 amide bonds. The van der Waals surface area contributed by atoms with E-state index in [1.807, 2.05) is 0 Å². The maximum absolute atomic E-state index is 5.82. The lowest BCUT2D eigenvalue weighted by atomic mass is 10.1. The molecule has 0 saturated carbocycles. The molecular formula is C23H39N3O4. The van der Waals surface area contributed by atoms with Crippen LogP contribution in [0.25, 0.3) is 0 Å². The average Bonchev–Trinajstić information content (AvgIpc) is 2.80. The standard InChI is InChI=1S/C23H39N3O4/c1-2-9-25(10-3-1)22-5-4-6-23(21-22)26-11-15-29-19-17-27-13-7-24-8-14-28-18-20-30-16-12-26/h4-6,21,24H,1-3,7-20H2. The van der Waals surface area contributed by atoms with Gasteiger partial charge in [-0.3, -0.25) is 0 Å². The smallest absolute Gasteiger partial charge is 0.0701 e. The maximum Gasteiger partial charge on any atom is 0.0701 e. The van der Waals surface area contributed by atoms with Crippen LogP contribution >= 0.6 is 0 Å². The number of nitrogens with zero attached hydrogens (tertiary/aromatic N) is 2. The van der Waals surface area contributed by atoms with Gasteiger partial charge < -0.3 is 34.1 Å². The maximum atomic E-state index is 5.82. The van der Waals surface area contributed by atoms with Crippen molar-refractivity contribution in [1.29, 1.82) is 0 Å². The Kier molecular flexibility index (Phi) is 11.3. The molecule has 2 aliphatic rings. The average molecular weight is 422 g/mol. The monoisotopic (exact) mass is 421 g/mol. The fourth-order valence-corrected chi connectivity index (χ4v) is 3.82. The van der Waals surface area contributed by atoms with Crippen LogP contribution in [0.5, 0.6) is 0 Å². The fourth-order valence-electron chi connectivity index (χ4n) is 3.82. The molecule has 0 atom stereocenters. The van der Waals surface area contributed by atoms with Crippen molar-refractivity contribution in [1.82, 2.24) is 5.32 Å². The second-order valence-electron chi connectivity index (χ2n) is 7.75. The lowest BCUT2D eigenvalue weighted by molar-refractivity contribution is 0.0409. The molecule has 2 saturated heterocycles. The molecule has 2 fully saturated rings. The van der Waals surface area contributed by atoms with E-state index in [4.69, 9.17) is 18.9 Å². The summed E-state index contributed by atoms with van der Waals surface area (Å²) < 4.78 is 22.9. The van der Waals surface area contributed by atoms with Crippen molar-refractivity contribution in [3.05, 3.63) is 24.3 Å². The first kappa shape index (κ1) is 23.3. The summed E-state index contributed by atoms with van der Waals surface area (Å²) in [5.74, 6) is 0. The lowest BCUT2D eigenvalue weighted by Crippen LogP contribution is -2.33. The first-order chi connectivity index (χ1) is 14.9. The molecule has 1 N–H and O–H groups in total. The molecule has 1 aromatic carbocycles. The molecule has 7 nitrogen and oxygen atoms in total. The van der Waals surface area contributed by atoms with Crippen LogP contribution in [0.4, 0.5) is 11.4 Å². The minimum atomic E-state index is 0.626. The number of ether oxygens (including phenoxy) is 4. The van der Waals surface area contributed by atoms with Crippen LogP contribution < -0.4 is 15.1 Å². The van der Waals surface area contributed by atoms with Gasteiger partial charge in [0.05, 0.1) is 52.9 Å². The Morgan fingerprint density at radius 1 is 0.567 bits per heavy atom. The topological polar surface area (TPSA) is 55.4 Å². The number of hydrogen-bond acceptors (Lipinski definition) is 7. The molecular weight excluding hydrogens is 382 g/mol. The molecule has 7 heteroatoms. The first-order valence-electron chi connectivity index (χ1n) is 11.5. The Bertz CT molecular complexity index is 551. The predicted molar refractivity (Wildman–Crippen MR) is 121 cm³/mol. The molecule has 3 rings (SSSR count). The molecule has 0 bridgehead atoms. The van der Waals surface area contributed by atoms with Crippen LogP contribution in [0, 0.1) is 0 Å². The third kappa shape index (κ3) is 8.78. The van der Waals surface area contributed by atoms with E-state index in [9.17, 15) is 0 Å². The summed E-state index contributed by atoms with van der Waals surface area (Å²) in [6, 6.07) is 8.91. The second-order valence-corrected chi connectivity index (χ2v) is 7.75. The zero-order valence-electron chi connectivity index (χ0n) is 18.4. The predicted octanol–water partition coefficient (Wildman–Crippen LogP) is 2.15. The van der Waals surface area contributed by atoms with Gasteiger partial charge in [0.25, 0.3) is 0 Å². The number of benzene rings is 1. The summed E-state index contributed by atoms with van der Waals surface area (Å²) in [5, 5.41) is 3.30. The van der Waals surface area contributed by atoms with Gasteiger partial charge in [0.2, 0.25) is 0 Å². The highest BCUT2D eigenvalue weighted by molar-refractivity contribution is 5.59. The highest BCUT2D eigenvalue weighted by Crippen LogP contribution is 2.25. The van der Waals surface area contributed by atoms with Crippen LogP contribution in [-0.4, -0.2) is 92.1 Å². The first-order valence-corrected chi connectivity index (χ1v) is 11.5. The zero-order chi connectivity index (χ0) is 20.7. The van der Waals surface area contributed by atoms with Gasteiger partial charge in [-0.2, -0.15) is 0 Å². The molecule has 170 valence electrons. The van der Waals surface area contributed by atoms with Crippen LogP contribution in [0.1, 0.15) is 19.3 Å². The molecule has 0 spiro atoms. The normalized spacial score (nSPS) is 22.3. The van der Waals surface area contributed by atoms with Crippen LogP contribution in [0.3, 0.4) is 0 Å². The highest BCUT2D eigenvalue weighted by Gasteiger charge is 2.13. The van der Waals surface area contributed by atoms with Crippen LogP contribution in [-0.2, 0) is 18.9 Å². The van der Waals surface area contributed by atoms with E-state index in [1.165, 1.54) is 30.6 Å². The Balaban J connectivity index is 1.54. The second kappa shape index (κ2) is 14.6. The molecule has 2 heterocycles. The SMILES string of the molecule is c1cc(N2CCCCC2)cc(N2CCOCCOCCNCCOCCOCC2)c1. The third-order valence-electron chi connectivity index (χ3n) is 5.52. The third-order valence-corrected chi connectivity index (χ3v) is 5.52. The summed E-state index contributed by atoms with van der Waals surface area (Å²) in [7, 11) is 0. The quantitative estimate of drug-likeness (QED) is 0.785. The molecule has 0 radical (unpaired) electrons. The van der Waals surface area contributed by atoms with E-state index < -0.39 is 0 Å². The summed E-state index contributed by atoms with van der Waals surface area (Å²) in [6.07, 6.45) is 3.92. The van der Waals surface area contributed by atoms with Gasteiger partial charge in [-0.05, 0) is 37.5 Å². The summed E-state index contributed by atoms with van der Waals surface area (Å²) >= 11 is 0. The Morgan fingerprint density at radius 2 is 1.07 bits per heavy atom. The van der Waals surface area contributed by atoms with Gasteiger partial charge in [-0.15, -0.1) is 0 Å². The van der Waals surface area contributed by atoms with Crippen molar-refractivity contribution in [3.63, 3.8) is 0 Å². The van der Waals surface area contributed by atoms with Gasteiger partial charge in [-0.1, -0.05) is 6.07 Å². The minimum Gasteiger partial charge on any atom is -0.378 e. The van der Waals surface area contributed by atoms with Crippen molar-refractivity contribution in [2.45, 2.75) is 19.3 Å². The Labute approximate surface area is 181 Å². The lowest BCUT2D eigenvalue weighted by Gasteiger charge is -2.31. The van der Waals surface area contributed by atoms with E-state index in [-0.39, 0.29) is 0 Å². The van der Waals surface area contributed by atoms with Crippen molar-refractivity contribution >= 4 is 11.4 Å². The number of hydrogen-bond donors (Lipinski definition) is 1. The van der Waals surface area contributed by atoms with E-state index in [2.05, 4.69) is 39.4 Å². The van der Waals surface area contributed by atoms with E-state index in [1.54, 1.807) is 0 Å². The van der Waals surface area contributed by atoms with Crippen molar-refractivity contribution in [2.24, 2.45) is 0 Å². The Morgan fingerprint density at radius 3 is 1.63 bits per heavy atom. The number of piperidine rings is 1. The summed E-state index contributed by atoms with van der Waals surface area (Å²) in [6.45, 7) is 10.9. The zero-order valence-corrected chi connectivity index (χ0v) is 18.4. The summed E-state index contributed by atoms with van der Waals surface area (Å²) in [5.41, 5.74) is 2.56. The van der Waals surface area contributed by atoms with Gasteiger partial charge in [0.1, 0.15) is 0 Å². The number of rotatable bonds is 2. The van der Waals surface area contributed by atoms with Crippen LogP contribution in [0.15, 0.2) is 24.3 Å². The van der Waals surface area contributed by atoms with Gasteiger partial charge >= 0.3 is 0 Å². The largest absolute Gasteiger partial charge is 0.378 e. The molecule has 1 aromatic rings. The molecule has 30 heavy (non-hydrogen) atoms. The van der Waals surface area contributed by atoms with E-state index in [0.29, 0.717) is 52.9 Å². The van der Waals surface area contributed by atoms with Crippen molar-refractivity contribution < 1.29 is 18.9 Å². The number of anilines is 2. The Hall–Kier alpha value is -1.38. The fraction of sp³-hybridized carbons (Fsp3) is 0.739. The summed E-state index contributed by atoms with van der Waals surface area (Å²) in [4.78, 5) is 4.87. The van der Waals surface area contributed by atoms with Crippen molar-refractivity contribution in [2.75, 3.05) is 102 Å². The minimum absolute atomic E-state index is 0.626. The highest BCUT2D eigenvalue weighted by atomic mass is 16.5. The van der Waals surface area contributed by atoms with Gasteiger partial charge in [0.15, 0.2) is 0 Å². The number of nitrogens with one attached hydrogen (secondary N) is 1. The van der Waals surface area contributed by atoms with Gasteiger partial charge in [-0.25, -0.2) is 0 Å². The molecule has 2 aliphatic heterocycles. The van der Waals surface area contributed by atoms with E-state index in [0.717, 1.165) is 39.3 Å². The molecule has 0 unspecified atom stereocenters. The molecule has 0 aromatic heterocycles. The van der Waals surface area contributed by atoms with Crippen LogP contribution in [0.2, 0.25) is 0 Å². The van der Waals surface area contributed by atoms with Gasteiger partial charge in [0, 0.05) is 50.6 Å².